The van der Waals surface area contributed by atoms with Crippen molar-refractivity contribution < 1.29 is 52.1 Å². The van der Waals surface area contributed by atoms with E-state index in [4.69, 9.17) is 37.7 Å². The maximum absolute atomic E-state index is 13.7. The third-order valence-corrected chi connectivity index (χ3v) is 9.34. The zero-order chi connectivity index (χ0) is 28.0. The number of hydrogen-bond acceptors (Lipinski definition) is 11. The quantitative estimate of drug-likeness (QED) is 0.148. The summed E-state index contributed by atoms with van der Waals surface area (Å²) in [6.45, 7) is -1.05. The Hall–Kier alpha value is -1.88. The maximum Gasteiger partial charge on any atom is 0.443 e. The number of aliphatic hydroxyl groups excluding tert-OH is 2. The minimum Gasteiger partial charge on any atom is -0.387 e. The van der Waals surface area contributed by atoms with Crippen molar-refractivity contribution >= 4 is 55.4 Å². The van der Waals surface area contributed by atoms with Crippen LogP contribution in [0.25, 0.3) is 11.2 Å². The molecule has 208 valence electrons. The van der Waals surface area contributed by atoms with E-state index >= 15 is 0 Å². The first kappa shape index (κ1) is 29.1. The average Bonchev–Trinajstić information content (AvgIpc) is 3.37. The van der Waals surface area contributed by atoms with E-state index in [1.54, 1.807) is 24.3 Å². The first-order chi connectivity index (χ1) is 17.6. The lowest BCUT2D eigenvalue weighted by atomic mass is 10.1. The Kier molecular flexibility index (Phi) is 8.12. The van der Waals surface area contributed by atoms with E-state index < -0.39 is 51.7 Å². The largest absolute Gasteiger partial charge is 0.443 e. The highest BCUT2D eigenvalue weighted by atomic mass is 35.5. The SMILES string of the molecule is O=P(O)(O)C(F)(F)P(=O)(O)OC[C@H]1O[C@@H](n2nnc3c(NCc4ccccc4Cl)nc(Cl)nc32)[C@H](O)[C@@H]1O. The molecule has 0 amide bonds. The number of hydrogen-bond donors (Lipinski definition) is 6. The molecule has 3 aromatic rings. The van der Waals surface area contributed by atoms with Crippen molar-refractivity contribution in [2.24, 2.45) is 0 Å². The van der Waals surface area contributed by atoms with Crippen LogP contribution in [0.15, 0.2) is 24.3 Å². The van der Waals surface area contributed by atoms with Crippen LogP contribution in [0.4, 0.5) is 14.6 Å². The normalized spacial score (nSPS) is 24.0. The number of aromatic nitrogens is 5. The monoisotopic (exact) mass is 620 g/mol. The fraction of sp³-hybridized carbons (Fsp3) is 0.412. The molecule has 15 nitrogen and oxygen atoms in total. The molecule has 6 N–H and O–H groups in total. The Morgan fingerprint density at radius 1 is 1.13 bits per heavy atom. The number of anilines is 1. The molecule has 0 aliphatic carbocycles. The van der Waals surface area contributed by atoms with Gasteiger partial charge in [0.15, 0.2) is 23.2 Å². The second kappa shape index (κ2) is 10.6. The van der Waals surface area contributed by atoms with Crippen LogP contribution in [0.1, 0.15) is 11.8 Å². The smallest absolute Gasteiger partial charge is 0.387 e. The third kappa shape index (κ3) is 5.42. The Labute approximate surface area is 221 Å². The number of aliphatic hydroxyl groups is 2. The number of rotatable bonds is 9. The topological polar surface area (TPSA) is 222 Å². The number of fused-ring (bicyclic) bond motifs is 1. The zero-order valence-corrected chi connectivity index (χ0v) is 21.8. The third-order valence-electron chi connectivity index (χ3n) is 5.38. The molecule has 1 aromatic carbocycles. The number of nitrogens with zero attached hydrogens (tertiary/aromatic N) is 5. The summed E-state index contributed by atoms with van der Waals surface area (Å²) in [4.78, 5) is 34.8. The van der Waals surface area contributed by atoms with Gasteiger partial charge >= 0.3 is 20.6 Å². The zero-order valence-electron chi connectivity index (χ0n) is 18.5. The van der Waals surface area contributed by atoms with Crippen LogP contribution in [0, 0.1) is 0 Å². The minimum absolute atomic E-state index is 0.0626. The second-order valence-corrected chi connectivity index (χ2v) is 12.5. The van der Waals surface area contributed by atoms with Crippen LogP contribution in [0.3, 0.4) is 0 Å². The lowest BCUT2D eigenvalue weighted by Gasteiger charge is -2.24. The molecule has 0 saturated carbocycles. The first-order valence-corrected chi connectivity index (χ1v) is 14.3. The number of alkyl halides is 2. The molecule has 38 heavy (non-hydrogen) atoms. The summed E-state index contributed by atoms with van der Waals surface area (Å²) in [6, 6.07) is 6.97. The second-order valence-electron chi connectivity index (χ2n) is 7.91. The van der Waals surface area contributed by atoms with Crippen LogP contribution in [-0.2, 0) is 24.9 Å². The van der Waals surface area contributed by atoms with Gasteiger partial charge in [0.2, 0.25) is 5.28 Å². The van der Waals surface area contributed by atoms with Gasteiger partial charge in [0.1, 0.15) is 18.3 Å². The van der Waals surface area contributed by atoms with E-state index in [-0.39, 0.29) is 28.8 Å². The summed E-state index contributed by atoms with van der Waals surface area (Å²) in [7, 11) is -12.6. The van der Waals surface area contributed by atoms with Crippen molar-refractivity contribution in [2.45, 2.75) is 36.5 Å². The van der Waals surface area contributed by atoms with Crippen molar-refractivity contribution in [1.82, 2.24) is 25.0 Å². The van der Waals surface area contributed by atoms with Gasteiger partial charge in [0, 0.05) is 11.6 Å². The molecule has 21 heteroatoms. The van der Waals surface area contributed by atoms with Gasteiger partial charge in [-0.1, -0.05) is 35.0 Å². The molecule has 1 unspecified atom stereocenters. The van der Waals surface area contributed by atoms with Crippen LogP contribution in [-0.4, -0.2) is 80.2 Å². The predicted octanol–water partition coefficient (Wildman–Crippen LogP) is 1.69. The van der Waals surface area contributed by atoms with Gasteiger partial charge in [0.25, 0.3) is 0 Å². The lowest BCUT2D eigenvalue weighted by molar-refractivity contribution is -0.0570. The standard InChI is InChI=1S/C17H18Cl2F2N6O9P2/c18-8-4-2-1-3-7(8)5-22-13-10-14(24-16(19)23-13)27(26-25-10)15-12(29)11(28)9(36-15)6-35-38(33,34)17(20,21)37(30,31)32/h1-4,9,11-12,15,28-29H,5-6H2,(H,33,34)(H,22,23,24)(H2,30,31,32)/t9-,11-,12-,15-/m1/s1. The van der Waals surface area contributed by atoms with Crippen molar-refractivity contribution in [3.05, 3.63) is 40.1 Å². The highest BCUT2D eigenvalue weighted by molar-refractivity contribution is 7.72. The summed E-state index contributed by atoms with van der Waals surface area (Å²) < 4.78 is 60.5. The van der Waals surface area contributed by atoms with Gasteiger partial charge in [-0.2, -0.15) is 23.4 Å². The van der Waals surface area contributed by atoms with Crippen molar-refractivity contribution in [3.63, 3.8) is 0 Å². The van der Waals surface area contributed by atoms with Crippen LogP contribution in [0.5, 0.6) is 0 Å². The van der Waals surface area contributed by atoms with E-state index in [2.05, 4.69) is 30.1 Å². The Balaban J connectivity index is 1.55. The lowest BCUT2D eigenvalue weighted by Crippen LogP contribution is -2.34. The first-order valence-electron chi connectivity index (χ1n) is 10.3. The van der Waals surface area contributed by atoms with Gasteiger partial charge in [-0.15, -0.1) is 5.10 Å². The summed E-state index contributed by atoms with van der Waals surface area (Å²) >= 11 is 12.2. The van der Waals surface area contributed by atoms with E-state index in [0.29, 0.717) is 5.02 Å². The molecular weight excluding hydrogens is 603 g/mol. The molecule has 1 aliphatic heterocycles. The molecule has 0 radical (unpaired) electrons. The number of halogens is 4. The summed E-state index contributed by atoms with van der Waals surface area (Å²) in [6.07, 6.45) is -6.95. The van der Waals surface area contributed by atoms with Crippen LogP contribution in [0.2, 0.25) is 10.3 Å². The fourth-order valence-corrected chi connectivity index (χ4v) is 5.77. The van der Waals surface area contributed by atoms with E-state index in [9.17, 15) is 33.0 Å². The molecule has 1 saturated heterocycles. The van der Waals surface area contributed by atoms with Gasteiger partial charge < -0.3 is 39.5 Å². The molecule has 4 rings (SSSR count). The van der Waals surface area contributed by atoms with Crippen molar-refractivity contribution in [3.8, 4) is 0 Å². The molecular formula is C17H18Cl2F2N6O9P2. The van der Waals surface area contributed by atoms with Gasteiger partial charge in [-0.3, -0.25) is 9.13 Å². The Morgan fingerprint density at radius 2 is 1.82 bits per heavy atom. The summed E-state index contributed by atoms with van der Waals surface area (Å²) in [5.74, 6) is 0.125. The maximum atomic E-state index is 13.7. The Bertz CT molecular complexity index is 1450. The summed E-state index contributed by atoms with van der Waals surface area (Å²) in [5.41, 5.74) is 0.702. The van der Waals surface area contributed by atoms with Crippen molar-refractivity contribution in [1.29, 1.82) is 0 Å². The molecule has 0 spiro atoms. The van der Waals surface area contributed by atoms with E-state index in [1.807, 2.05) is 0 Å². The summed E-state index contributed by atoms with van der Waals surface area (Å²) in [5, 5.41) is 26.3. The molecule has 3 heterocycles. The Morgan fingerprint density at radius 3 is 2.47 bits per heavy atom. The fourth-order valence-electron chi connectivity index (χ4n) is 3.40. The van der Waals surface area contributed by atoms with Crippen LogP contribution < -0.4 is 5.32 Å². The van der Waals surface area contributed by atoms with Gasteiger partial charge in [0.05, 0.1) is 6.61 Å². The molecule has 5 atom stereocenters. The van der Waals surface area contributed by atoms with Crippen molar-refractivity contribution in [2.75, 3.05) is 11.9 Å². The van der Waals surface area contributed by atoms with Crippen LogP contribution >= 0.6 is 38.4 Å². The number of nitrogens with one attached hydrogen (secondary N) is 1. The average molecular weight is 621 g/mol. The number of benzene rings is 1. The highest BCUT2D eigenvalue weighted by Crippen LogP contribution is 2.73. The predicted molar refractivity (Wildman–Crippen MR) is 126 cm³/mol. The van der Waals surface area contributed by atoms with E-state index in [0.717, 1.165) is 10.2 Å². The molecule has 1 fully saturated rings. The van der Waals surface area contributed by atoms with Gasteiger partial charge in [-0.05, 0) is 23.2 Å². The van der Waals surface area contributed by atoms with E-state index in [1.165, 1.54) is 0 Å². The molecule has 1 aliphatic rings. The molecule has 0 bridgehead atoms. The van der Waals surface area contributed by atoms with Gasteiger partial charge in [-0.25, -0.2) is 0 Å². The minimum atomic E-state index is -6.38. The highest BCUT2D eigenvalue weighted by Gasteiger charge is 2.65. The molecule has 2 aromatic heterocycles. The number of ether oxygens (including phenoxy) is 1.